The van der Waals surface area contributed by atoms with E-state index in [2.05, 4.69) is 71.7 Å². The monoisotopic (exact) mass is 350 g/mol. The van der Waals surface area contributed by atoms with Crippen molar-refractivity contribution in [3.63, 3.8) is 0 Å². The SMILES string of the molecule is CC(C)N1c2cccc3cccc(c23)N(C(C)C)[As]1Cl. The van der Waals surface area contributed by atoms with E-state index < -0.39 is 14.2 Å². The van der Waals surface area contributed by atoms with Crippen LogP contribution in [-0.2, 0) is 0 Å². The number of benzene rings is 2. The molecule has 4 heteroatoms. The van der Waals surface area contributed by atoms with Crippen LogP contribution in [0.3, 0.4) is 0 Å². The van der Waals surface area contributed by atoms with Crippen molar-refractivity contribution >= 4 is 46.3 Å². The molecule has 2 nitrogen and oxygen atoms in total. The fourth-order valence-corrected chi connectivity index (χ4v) is 9.04. The van der Waals surface area contributed by atoms with Gasteiger partial charge in [0.25, 0.3) is 0 Å². The summed E-state index contributed by atoms with van der Waals surface area (Å²) in [5, 5.41) is 2.65. The van der Waals surface area contributed by atoms with Crippen LogP contribution in [0.2, 0.25) is 0 Å². The van der Waals surface area contributed by atoms with E-state index in [1.165, 1.54) is 22.1 Å². The molecule has 1 aliphatic rings. The van der Waals surface area contributed by atoms with Gasteiger partial charge in [-0.3, -0.25) is 0 Å². The van der Waals surface area contributed by atoms with E-state index in [0.29, 0.717) is 12.1 Å². The van der Waals surface area contributed by atoms with Crippen molar-refractivity contribution in [1.82, 2.24) is 0 Å². The third-order valence-electron chi connectivity index (χ3n) is 3.69. The summed E-state index contributed by atoms with van der Waals surface area (Å²) >= 11 is -1.78. The first-order valence-corrected chi connectivity index (χ1v) is 11.2. The Hall–Kier alpha value is -0.852. The maximum absolute atomic E-state index is 6.95. The standard InChI is InChI=1S/C16H20AsClN2/c1-11(2)19-14-9-5-7-13-8-6-10-15(16(13)14)20(12(3)4)17(19)18/h5-12H,1-4H3. The second-order valence-corrected chi connectivity index (χ2v) is 10.2. The van der Waals surface area contributed by atoms with Crippen molar-refractivity contribution in [2.24, 2.45) is 0 Å². The molecule has 0 saturated heterocycles. The van der Waals surface area contributed by atoms with Crippen LogP contribution in [0.1, 0.15) is 27.7 Å². The van der Waals surface area contributed by atoms with Gasteiger partial charge < -0.3 is 0 Å². The molecule has 0 aliphatic carbocycles. The summed E-state index contributed by atoms with van der Waals surface area (Å²) in [6.45, 7) is 8.93. The molecule has 0 bridgehead atoms. The van der Waals surface area contributed by atoms with E-state index in [-0.39, 0.29) is 0 Å². The van der Waals surface area contributed by atoms with Gasteiger partial charge in [-0.2, -0.15) is 0 Å². The van der Waals surface area contributed by atoms with Gasteiger partial charge in [-0.15, -0.1) is 0 Å². The molecule has 0 aromatic heterocycles. The van der Waals surface area contributed by atoms with Crippen LogP contribution in [0, 0.1) is 0 Å². The summed E-state index contributed by atoms with van der Waals surface area (Å²) in [4.78, 5) is 0. The van der Waals surface area contributed by atoms with Crippen molar-refractivity contribution in [3.05, 3.63) is 36.4 Å². The molecule has 0 spiro atoms. The number of hydrogen-bond donors (Lipinski definition) is 0. The Morgan fingerprint density at radius 2 is 1.30 bits per heavy atom. The van der Waals surface area contributed by atoms with E-state index in [4.69, 9.17) is 9.95 Å². The Labute approximate surface area is 130 Å². The van der Waals surface area contributed by atoms with E-state index >= 15 is 0 Å². The molecule has 106 valence electrons. The zero-order valence-electron chi connectivity index (χ0n) is 12.3. The Morgan fingerprint density at radius 1 is 0.850 bits per heavy atom. The molecule has 0 unspecified atom stereocenters. The van der Waals surface area contributed by atoms with Gasteiger partial charge in [0.05, 0.1) is 0 Å². The Morgan fingerprint density at radius 3 is 1.70 bits per heavy atom. The van der Waals surface area contributed by atoms with Gasteiger partial charge in [-0.05, 0) is 0 Å². The first-order chi connectivity index (χ1) is 9.52. The fraction of sp³-hybridized carbons (Fsp3) is 0.375. The Bertz CT molecular complexity index is 591. The molecule has 0 saturated carbocycles. The number of halogens is 1. The van der Waals surface area contributed by atoms with Crippen LogP contribution < -0.4 is 7.63 Å². The molecule has 1 aliphatic heterocycles. The van der Waals surface area contributed by atoms with Gasteiger partial charge >= 0.3 is 130 Å². The second-order valence-electron chi connectivity index (χ2n) is 5.77. The normalized spacial score (nSPS) is 15.8. The molecule has 1 heterocycles. The van der Waals surface area contributed by atoms with Crippen LogP contribution in [0.5, 0.6) is 0 Å². The maximum atomic E-state index is 6.95. The van der Waals surface area contributed by atoms with Crippen LogP contribution in [0.25, 0.3) is 10.8 Å². The fourth-order valence-electron chi connectivity index (χ4n) is 2.90. The third-order valence-corrected chi connectivity index (χ3v) is 9.72. The molecular formula is C16H20AsClN2. The average Bonchev–Trinajstić information content (AvgIpc) is 2.38. The number of hydrogen-bond acceptors (Lipinski definition) is 2. The van der Waals surface area contributed by atoms with Crippen LogP contribution in [-0.4, -0.2) is 26.2 Å². The molecule has 2 aromatic rings. The summed E-state index contributed by atoms with van der Waals surface area (Å²) < 4.78 is 4.90. The number of anilines is 2. The molecule has 20 heavy (non-hydrogen) atoms. The van der Waals surface area contributed by atoms with E-state index in [9.17, 15) is 0 Å². The van der Waals surface area contributed by atoms with Gasteiger partial charge in [-0.25, -0.2) is 0 Å². The van der Waals surface area contributed by atoms with E-state index in [1.54, 1.807) is 0 Å². The predicted octanol–water partition coefficient (Wildman–Crippen LogP) is 4.51. The Kier molecular flexibility index (Phi) is 3.64. The molecule has 2 aromatic carbocycles. The van der Waals surface area contributed by atoms with Gasteiger partial charge in [0, 0.05) is 0 Å². The zero-order chi connectivity index (χ0) is 14.4. The van der Waals surface area contributed by atoms with Gasteiger partial charge in [0.1, 0.15) is 0 Å². The van der Waals surface area contributed by atoms with Crippen LogP contribution in [0.15, 0.2) is 36.4 Å². The van der Waals surface area contributed by atoms with Gasteiger partial charge in [0.2, 0.25) is 0 Å². The van der Waals surface area contributed by atoms with Crippen LogP contribution in [0.4, 0.5) is 11.4 Å². The summed E-state index contributed by atoms with van der Waals surface area (Å²) in [6.07, 6.45) is 0. The molecular weight excluding hydrogens is 331 g/mol. The third kappa shape index (κ3) is 2.01. The number of nitrogens with zero attached hydrogens (tertiary/aromatic N) is 2. The van der Waals surface area contributed by atoms with Crippen molar-refractivity contribution < 1.29 is 0 Å². The van der Waals surface area contributed by atoms with Crippen molar-refractivity contribution in [3.8, 4) is 0 Å². The van der Waals surface area contributed by atoms with E-state index in [0.717, 1.165) is 0 Å². The van der Waals surface area contributed by atoms with Crippen molar-refractivity contribution in [1.29, 1.82) is 0 Å². The van der Waals surface area contributed by atoms with Crippen molar-refractivity contribution in [2.75, 3.05) is 7.63 Å². The molecule has 3 rings (SSSR count). The average molecular weight is 351 g/mol. The minimum absolute atomic E-state index is 0.424. The number of rotatable bonds is 2. The summed E-state index contributed by atoms with van der Waals surface area (Å²) in [5.41, 5.74) is 2.61. The van der Waals surface area contributed by atoms with Crippen LogP contribution >= 0.6 is 9.95 Å². The molecule has 0 radical (unpaired) electrons. The predicted molar refractivity (Wildman–Crippen MR) is 90.8 cm³/mol. The topological polar surface area (TPSA) is 6.48 Å². The first-order valence-electron chi connectivity index (χ1n) is 7.08. The summed E-state index contributed by atoms with van der Waals surface area (Å²) in [5.74, 6) is 0. The molecule has 0 atom stereocenters. The molecule has 0 amide bonds. The Balaban J connectivity index is 2.35. The molecule has 0 fully saturated rings. The van der Waals surface area contributed by atoms with E-state index in [1.807, 2.05) is 0 Å². The zero-order valence-corrected chi connectivity index (χ0v) is 15.0. The van der Waals surface area contributed by atoms with Gasteiger partial charge in [0.15, 0.2) is 0 Å². The summed E-state index contributed by atoms with van der Waals surface area (Å²) in [6, 6.07) is 13.9. The second kappa shape index (κ2) is 5.16. The van der Waals surface area contributed by atoms with Crippen molar-refractivity contribution in [2.45, 2.75) is 39.8 Å². The molecule has 0 N–H and O–H groups in total. The minimum atomic E-state index is -1.78. The van der Waals surface area contributed by atoms with Gasteiger partial charge in [-0.1, -0.05) is 0 Å². The summed E-state index contributed by atoms with van der Waals surface area (Å²) in [7, 11) is 6.95. The first kappa shape index (κ1) is 14.1. The quantitative estimate of drug-likeness (QED) is 0.735.